The summed E-state index contributed by atoms with van der Waals surface area (Å²) < 4.78 is 15.5. The van der Waals surface area contributed by atoms with Crippen LogP contribution in [-0.4, -0.2) is 21.7 Å². The predicted octanol–water partition coefficient (Wildman–Crippen LogP) is 3.64. The minimum atomic E-state index is -0.158. The topological polar surface area (TPSA) is 21.1 Å². The third-order valence-corrected chi connectivity index (χ3v) is 3.51. The number of hydrogen-bond acceptors (Lipinski definition) is 2. The second-order valence-electron chi connectivity index (χ2n) is 5.39. The summed E-state index contributed by atoms with van der Waals surface area (Å²) in [6, 6.07) is 16.9. The first-order valence-corrected chi connectivity index (χ1v) is 7.23. The molecule has 0 aliphatic carbocycles. The first kappa shape index (κ1) is 14.5. The van der Waals surface area contributed by atoms with Crippen molar-refractivity contribution in [3.63, 3.8) is 0 Å². The number of rotatable bonds is 5. The van der Waals surface area contributed by atoms with E-state index in [9.17, 15) is 4.39 Å². The Morgan fingerprint density at radius 1 is 1.00 bits per heavy atom. The Hall–Kier alpha value is -2.46. The van der Waals surface area contributed by atoms with Gasteiger partial charge in [0.1, 0.15) is 5.82 Å². The third-order valence-electron chi connectivity index (χ3n) is 3.51. The number of halogens is 1. The van der Waals surface area contributed by atoms with Gasteiger partial charge in [0, 0.05) is 30.4 Å². The SMILES string of the molecule is CN(Cc1cnn(-c2ccccc2)c1)Cc1ccccc1F. The van der Waals surface area contributed by atoms with E-state index in [0.717, 1.165) is 17.8 Å². The predicted molar refractivity (Wildman–Crippen MR) is 85.1 cm³/mol. The summed E-state index contributed by atoms with van der Waals surface area (Å²) in [5, 5.41) is 4.38. The number of aromatic nitrogens is 2. The van der Waals surface area contributed by atoms with Crippen molar-refractivity contribution >= 4 is 0 Å². The zero-order valence-electron chi connectivity index (χ0n) is 12.5. The van der Waals surface area contributed by atoms with E-state index in [4.69, 9.17) is 0 Å². The van der Waals surface area contributed by atoms with Crippen LogP contribution in [0.15, 0.2) is 67.0 Å². The lowest BCUT2D eigenvalue weighted by molar-refractivity contribution is 0.313. The van der Waals surface area contributed by atoms with Crippen LogP contribution in [0.3, 0.4) is 0 Å². The average Bonchev–Trinajstić information content (AvgIpc) is 2.99. The lowest BCUT2D eigenvalue weighted by atomic mass is 10.2. The van der Waals surface area contributed by atoms with Crippen LogP contribution in [0.2, 0.25) is 0 Å². The molecule has 0 bridgehead atoms. The van der Waals surface area contributed by atoms with Crippen molar-refractivity contribution in [2.75, 3.05) is 7.05 Å². The van der Waals surface area contributed by atoms with Crippen molar-refractivity contribution in [3.05, 3.63) is 83.9 Å². The highest BCUT2D eigenvalue weighted by Gasteiger charge is 2.07. The Labute approximate surface area is 129 Å². The minimum Gasteiger partial charge on any atom is -0.298 e. The molecule has 0 fully saturated rings. The molecule has 112 valence electrons. The fraction of sp³-hybridized carbons (Fsp3) is 0.167. The minimum absolute atomic E-state index is 0.158. The summed E-state index contributed by atoms with van der Waals surface area (Å²) in [5.41, 5.74) is 2.84. The lowest BCUT2D eigenvalue weighted by Gasteiger charge is -2.16. The molecule has 0 aliphatic heterocycles. The van der Waals surface area contributed by atoms with Crippen molar-refractivity contribution in [3.8, 4) is 5.69 Å². The van der Waals surface area contributed by atoms with Crippen molar-refractivity contribution in [1.82, 2.24) is 14.7 Å². The van der Waals surface area contributed by atoms with Gasteiger partial charge in [-0.2, -0.15) is 5.10 Å². The molecule has 3 rings (SSSR count). The van der Waals surface area contributed by atoms with Crippen molar-refractivity contribution in [2.24, 2.45) is 0 Å². The Bertz CT molecular complexity index is 737. The van der Waals surface area contributed by atoms with Crippen LogP contribution in [0, 0.1) is 5.82 Å². The van der Waals surface area contributed by atoms with E-state index in [1.807, 2.05) is 66.6 Å². The van der Waals surface area contributed by atoms with Crippen LogP contribution < -0.4 is 0 Å². The van der Waals surface area contributed by atoms with Gasteiger partial charge in [-0.05, 0) is 25.2 Å². The highest BCUT2D eigenvalue weighted by atomic mass is 19.1. The maximum absolute atomic E-state index is 13.7. The number of hydrogen-bond donors (Lipinski definition) is 0. The van der Waals surface area contributed by atoms with E-state index in [2.05, 4.69) is 10.00 Å². The molecule has 0 N–H and O–H groups in total. The molecule has 0 aliphatic rings. The molecule has 0 amide bonds. The quantitative estimate of drug-likeness (QED) is 0.716. The van der Waals surface area contributed by atoms with Gasteiger partial charge >= 0.3 is 0 Å². The van der Waals surface area contributed by atoms with E-state index in [1.54, 1.807) is 6.07 Å². The zero-order valence-corrected chi connectivity index (χ0v) is 12.5. The van der Waals surface area contributed by atoms with Gasteiger partial charge < -0.3 is 0 Å². The van der Waals surface area contributed by atoms with Crippen LogP contribution >= 0.6 is 0 Å². The van der Waals surface area contributed by atoms with Crippen LogP contribution in [0.4, 0.5) is 4.39 Å². The molecule has 0 spiro atoms. The third kappa shape index (κ3) is 3.40. The van der Waals surface area contributed by atoms with Gasteiger partial charge in [0.05, 0.1) is 11.9 Å². The van der Waals surface area contributed by atoms with Crippen LogP contribution in [-0.2, 0) is 13.1 Å². The normalized spacial score (nSPS) is 11.0. The van der Waals surface area contributed by atoms with Crippen molar-refractivity contribution < 1.29 is 4.39 Å². The molecule has 2 aromatic carbocycles. The van der Waals surface area contributed by atoms with E-state index in [1.165, 1.54) is 6.07 Å². The molecular formula is C18H18FN3. The summed E-state index contributed by atoms with van der Waals surface area (Å²) in [7, 11) is 1.98. The molecule has 0 saturated heterocycles. The van der Waals surface area contributed by atoms with Gasteiger partial charge in [-0.25, -0.2) is 9.07 Å². The smallest absolute Gasteiger partial charge is 0.127 e. The molecule has 0 radical (unpaired) electrons. The van der Waals surface area contributed by atoms with Crippen molar-refractivity contribution in [2.45, 2.75) is 13.1 Å². The Morgan fingerprint density at radius 2 is 1.73 bits per heavy atom. The van der Waals surface area contributed by atoms with E-state index < -0.39 is 0 Å². The average molecular weight is 295 g/mol. The summed E-state index contributed by atoms with van der Waals surface area (Å²) in [4.78, 5) is 2.07. The molecule has 0 unspecified atom stereocenters. The van der Waals surface area contributed by atoms with Gasteiger partial charge in [-0.15, -0.1) is 0 Å². The second kappa shape index (κ2) is 6.54. The van der Waals surface area contributed by atoms with Crippen LogP contribution in [0.25, 0.3) is 5.69 Å². The monoisotopic (exact) mass is 295 g/mol. The van der Waals surface area contributed by atoms with Gasteiger partial charge in [0.2, 0.25) is 0 Å². The first-order valence-electron chi connectivity index (χ1n) is 7.23. The fourth-order valence-corrected chi connectivity index (χ4v) is 2.45. The molecule has 0 atom stereocenters. The maximum Gasteiger partial charge on any atom is 0.127 e. The first-order chi connectivity index (χ1) is 10.7. The molecule has 3 aromatic rings. The molecule has 0 saturated carbocycles. The van der Waals surface area contributed by atoms with Crippen LogP contribution in [0.1, 0.15) is 11.1 Å². The lowest BCUT2D eigenvalue weighted by Crippen LogP contribution is -2.17. The van der Waals surface area contributed by atoms with E-state index in [0.29, 0.717) is 12.1 Å². The van der Waals surface area contributed by atoms with Crippen molar-refractivity contribution in [1.29, 1.82) is 0 Å². The largest absolute Gasteiger partial charge is 0.298 e. The molecule has 4 heteroatoms. The summed E-state index contributed by atoms with van der Waals surface area (Å²) in [6.07, 6.45) is 3.86. The summed E-state index contributed by atoms with van der Waals surface area (Å²) in [6.45, 7) is 1.30. The van der Waals surface area contributed by atoms with Gasteiger partial charge in [-0.3, -0.25) is 4.90 Å². The van der Waals surface area contributed by atoms with Gasteiger partial charge in [0.25, 0.3) is 0 Å². The number of nitrogens with zero attached hydrogens (tertiary/aromatic N) is 3. The summed E-state index contributed by atoms with van der Waals surface area (Å²) >= 11 is 0. The Kier molecular flexibility index (Phi) is 4.30. The zero-order chi connectivity index (χ0) is 15.4. The highest BCUT2D eigenvalue weighted by molar-refractivity contribution is 5.30. The number of para-hydroxylation sites is 1. The maximum atomic E-state index is 13.7. The van der Waals surface area contributed by atoms with E-state index in [-0.39, 0.29) is 5.82 Å². The molecular weight excluding hydrogens is 277 g/mol. The molecule has 22 heavy (non-hydrogen) atoms. The van der Waals surface area contributed by atoms with E-state index >= 15 is 0 Å². The van der Waals surface area contributed by atoms with Crippen LogP contribution in [0.5, 0.6) is 0 Å². The Balaban J connectivity index is 1.66. The fourth-order valence-electron chi connectivity index (χ4n) is 2.45. The standard InChI is InChI=1S/C18H18FN3/c1-21(14-16-7-5-6-10-18(16)19)12-15-11-20-22(13-15)17-8-3-2-4-9-17/h2-11,13H,12,14H2,1H3. The second-order valence-corrected chi connectivity index (χ2v) is 5.39. The molecule has 3 nitrogen and oxygen atoms in total. The Morgan fingerprint density at radius 3 is 2.50 bits per heavy atom. The molecule has 1 aromatic heterocycles. The highest BCUT2D eigenvalue weighted by Crippen LogP contribution is 2.12. The molecule has 1 heterocycles. The van der Waals surface area contributed by atoms with Gasteiger partial charge in [0.15, 0.2) is 0 Å². The summed E-state index contributed by atoms with van der Waals surface area (Å²) in [5.74, 6) is -0.158. The number of benzene rings is 2. The van der Waals surface area contributed by atoms with Gasteiger partial charge in [-0.1, -0.05) is 36.4 Å².